The molecule has 9 nitrogen and oxygen atoms in total. The Morgan fingerprint density at radius 3 is 2.22 bits per heavy atom. The molecule has 3 rings (SSSR count). The number of methoxy groups -OCH3 is 3. The molecule has 1 aliphatic heterocycles. The van der Waals surface area contributed by atoms with E-state index in [1.807, 2.05) is 6.07 Å². The van der Waals surface area contributed by atoms with Gasteiger partial charge in [-0.3, -0.25) is 9.59 Å². The molecular formula is C27H30N4O5. The lowest BCUT2D eigenvalue weighted by atomic mass is 10.0. The number of aliphatic imine (C=N–C) groups is 1. The molecule has 0 saturated heterocycles. The van der Waals surface area contributed by atoms with E-state index >= 15 is 0 Å². The van der Waals surface area contributed by atoms with Crippen LogP contribution in [0.3, 0.4) is 0 Å². The van der Waals surface area contributed by atoms with Gasteiger partial charge in [0.05, 0.1) is 27.0 Å². The Kier molecular flexibility index (Phi) is 9.06. The molecule has 0 saturated carbocycles. The monoisotopic (exact) mass is 490 g/mol. The molecule has 9 heteroatoms. The predicted octanol–water partition coefficient (Wildman–Crippen LogP) is 3.83. The van der Waals surface area contributed by atoms with E-state index in [9.17, 15) is 14.9 Å². The Balaban J connectivity index is 1.91. The van der Waals surface area contributed by atoms with Gasteiger partial charge in [0.2, 0.25) is 5.75 Å². The largest absolute Gasteiger partial charge is 0.493 e. The van der Waals surface area contributed by atoms with E-state index in [0.29, 0.717) is 34.9 Å². The summed E-state index contributed by atoms with van der Waals surface area (Å²) in [7, 11) is 4.41. The van der Waals surface area contributed by atoms with Gasteiger partial charge in [-0.2, -0.15) is 5.26 Å². The number of hydrogen-bond donors (Lipinski definition) is 2. The third kappa shape index (κ3) is 5.66. The first-order chi connectivity index (χ1) is 17.5. The Bertz CT molecular complexity index is 1220. The Morgan fingerprint density at radius 1 is 0.972 bits per heavy atom. The van der Waals surface area contributed by atoms with Crippen LogP contribution in [0.2, 0.25) is 0 Å². The van der Waals surface area contributed by atoms with Crippen LogP contribution >= 0.6 is 0 Å². The number of hydrogen-bond acceptors (Lipinski definition) is 7. The highest BCUT2D eigenvalue weighted by atomic mass is 16.5. The molecule has 1 aliphatic rings. The maximum atomic E-state index is 13.1. The van der Waals surface area contributed by atoms with E-state index in [1.54, 1.807) is 24.3 Å². The summed E-state index contributed by atoms with van der Waals surface area (Å²) in [5.74, 6) is 0.313. The Labute approximate surface area is 210 Å². The van der Waals surface area contributed by atoms with Gasteiger partial charge in [-0.15, -0.1) is 0 Å². The topological polar surface area (TPSA) is 122 Å². The number of nitriles is 1. The average Bonchev–Trinajstić information content (AvgIpc) is 3.25. The number of unbranched alkanes of at least 4 members (excludes halogenated alkanes) is 3. The second-order valence-electron chi connectivity index (χ2n) is 8.03. The molecule has 0 fully saturated rings. The molecule has 2 N–H and O–H groups in total. The summed E-state index contributed by atoms with van der Waals surface area (Å²) in [6.45, 7) is 2.59. The van der Waals surface area contributed by atoms with Gasteiger partial charge < -0.3 is 24.8 Å². The van der Waals surface area contributed by atoms with Crippen molar-refractivity contribution in [3.05, 3.63) is 58.7 Å². The normalized spacial score (nSPS) is 13.1. The fraction of sp³-hybridized carbons (Fsp3) is 0.333. The first-order valence-corrected chi connectivity index (χ1v) is 11.7. The van der Waals surface area contributed by atoms with Crippen molar-refractivity contribution in [3.63, 3.8) is 0 Å². The summed E-state index contributed by atoms with van der Waals surface area (Å²) >= 11 is 0. The van der Waals surface area contributed by atoms with Gasteiger partial charge >= 0.3 is 0 Å². The number of carbonyl (C=O) groups is 2. The molecule has 0 aromatic heterocycles. The number of fused-ring (bicyclic) bond motifs is 1. The number of rotatable bonds is 10. The lowest BCUT2D eigenvalue weighted by molar-refractivity contribution is -0.117. The molecule has 2 aromatic carbocycles. The molecule has 0 unspecified atom stereocenters. The van der Waals surface area contributed by atoms with Gasteiger partial charge in [0.25, 0.3) is 11.8 Å². The van der Waals surface area contributed by atoms with Crippen LogP contribution < -0.4 is 24.8 Å². The van der Waals surface area contributed by atoms with E-state index in [-0.39, 0.29) is 22.7 Å². The van der Waals surface area contributed by atoms with Crippen LogP contribution in [-0.4, -0.2) is 45.5 Å². The Hall–Kier alpha value is -4.32. The van der Waals surface area contributed by atoms with Crippen molar-refractivity contribution in [2.75, 3.05) is 27.9 Å². The number of amides is 2. The third-order valence-electron chi connectivity index (χ3n) is 5.71. The third-order valence-corrected chi connectivity index (χ3v) is 5.71. The quantitative estimate of drug-likeness (QED) is 0.297. The van der Waals surface area contributed by atoms with Gasteiger partial charge in [-0.25, -0.2) is 4.99 Å². The minimum absolute atomic E-state index is 0.102. The summed E-state index contributed by atoms with van der Waals surface area (Å²) < 4.78 is 16.0. The number of carbonyl (C=O) groups excluding carboxylic acids is 2. The van der Waals surface area contributed by atoms with Crippen molar-refractivity contribution in [3.8, 4) is 23.3 Å². The van der Waals surface area contributed by atoms with E-state index in [2.05, 4.69) is 22.5 Å². The highest BCUT2D eigenvalue weighted by molar-refractivity contribution is 6.20. The first kappa shape index (κ1) is 26.3. The van der Waals surface area contributed by atoms with Crippen LogP contribution in [0, 0.1) is 11.3 Å². The molecule has 1 heterocycles. The van der Waals surface area contributed by atoms with Crippen molar-refractivity contribution < 1.29 is 23.8 Å². The zero-order valence-corrected chi connectivity index (χ0v) is 20.9. The maximum Gasteiger partial charge on any atom is 0.264 e. The average molecular weight is 491 g/mol. The number of benzene rings is 2. The lowest BCUT2D eigenvalue weighted by Gasteiger charge is -2.14. The molecular weight excluding hydrogens is 460 g/mol. The van der Waals surface area contributed by atoms with E-state index in [1.165, 1.54) is 33.5 Å². The minimum Gasteiger partial charge on any atom is -0.493 e. The molecule has 36 heavy (non-hydrogen) atoms. The second-order valence-corrected chi connectivity index (χ2v) is 8.03. The summed E-state index contributed by atoms with van der Waals surface area (Å²) in [6, 6.07) is 12.2. The number of amidine groups is 1. The van der Waals surface area contributed by atoms with Crippen molar-refractivity contribution in [2.45, 2.75) is 32.6 Å². The van der Waals surface area contributed by atoms with Crippen LogP contribution in [0.4, 0.5) is 0 Å². The van der Waals surface area contributed by atoms with Crippen molar-refractivity contribution in [1.29, 1.82) is 5.26 Å². The molecule has 2 amide bonds. The van der Waals surface area contributed by atoms with Crippen LogP contribution in [0.1, 0.15) is 54.1 Å². The molecule has 0 spiro atoms. The predicted molar refractivity (Wildman–Crippen MR) is 136 cm³/mol. The van der Waals surface area contributed by atoms with E-state index in [4.69, 9.17) is 14.2 Å². The molecule has 0 radical (unpaired) electrons. The van der Waals surface area contributed by atoms with Gasteiger partial charge in [0.1, 0.15) is 17.5 Å². The molecule has 2 aromatic rings. The van der Waals surface area contributed by atoms with E-state index < -0.39 is 11.8 Å². The second kappa shape index (κ2) is 12.4. The summed E-state index contributed by atoms with van der Waals surface area (Å²) in [4.78, 5) is 30.4. The van der Waals surface area contributed by atoms with Crippen LogP contribution in [0.15, 0.2) is 47.0 Å². The summed E-state index contributed by atoms with van der Waals surface area (Å²) in [5.41, 5.74) is 1.58. The van der Waals surface area contributed by atoms with Crippen molar-refractivity contribution in [1.82, 2.24) is 10.6 Å². The van der Waals surface area contributed by atoms with Gasteiger partial charge in [0, 0.05) is 23.2 Å². The SMILES string of the molecule is CCCCCCNC(=O)/C(C#N)=C1\N=C(NC(=O)c2cc(OC)c(OC)c(OC)c2)c2ccccc21. The van der Waals surface area contributed by atoms with Crippen LogP contribution in [0.5, 0.6) is 17.2 Å². The number of nitrogens with zero attached hydrogens (tertiary/aromatic N) is 2. The van der Waals surface area contributed by atoms with Gasteiger partial charge in [0.15, 0.2) is 11.5 Å². The van der Waals surface area contributed by atoms with Crippen molar-refractivity contribution >= 4 is 23.3 Å². The van der Waals surface area contributed by atoms with Crippen LogP contribution in [0.25, 0.3) is 5.70 Å². The molecule has 0 bridgehead atoms. The number of ether oxygens (including phenoxy) is 3. The minimum atomic E-state index is -0.486. The molecule has 188 valence electrons. The highest BCUT2D eigenvalue weighted by Crippen LogP contribution is 2.38. The highest BCUT2D eigenvalue weighted by Gasteiger charge is 2.27. The maximum absolute atomic E-state index is 13.1. The molecule has 0 atom stereocenters. The number of nitrogens with one attached hydrogen (secondary N) is 2. The lowest BCUT2D eigenvalue weighted by Crippen LogP contribution is -2.30. The standard InChI is InChI=1S/C27H30N4O5/c1-5-6-7-10-13-29-27(33)20(16-28)23-18-11-8-9-12-19(18)25(30-23)31-26(32)17-14-21(34-2)24(36-4)22(15-17)35-3/h8-9,11-12,14-15H,5-7,10,13H2,1-4H3,(H,29,33)(H,30,31,32)/b23-20-. The van der Waals surface area contributed by atoms with E-state index in [0.717, 1.165) is 25.7 Å². The van der Waals surface area contributed by atoms with Gasteiger partial charge in [-0.1, -0.05) is 50.5 Å². The van der Waals surface area contributed by atoms with Crippen molar-refractivity contribution in [2.24, 2.45) is 4.99 Å². The van der Waals surface area contributed by atoms with Gasteiger partial charge in [-0.05, 0) is 18.6 Å². The Morgan fingerprint density at radius 2 is 1.64 bits per heavy atom. The fourth-order valence-electron chi connectivity index (χ4n) is 3.86. The first-order valence-electron chi connectivity index (χ1n) is 11.7. The fourth-order valence-corrected chi connectivity index (χ4v) is 3.86. The zero-order chi connectivity index (χ0) is 26.1. The summed E-state index contributed by atoms with van der Waals surface area (Å²) in [6.07, 6.45) is 4.03. The summed E-state index contributed by atoms with van der Waals surface area (Å²) in [5, 5.41) is 15.4. The van der Waals surface area contributed by atoms with Crippen LogP contribution in [-0.2, 0) is 4.79 Å². The molecule has 0 aliphatic carbocycles. The zero-order valence-electron chi connectivity index (χ0n) is 20.9. The smallest absolute Gasteiger partial charge is 0.264 e.